The standard InChI is InChI=1S/C18H30N4O9/c1-8(2)6-10(19)16(28)20-9(3)15(27)22-12(7-14(25)26)17(29)21-11(18(30)31)4-5-13(23)24/h8-12H,4-7,19H2,1-3H3,(H,20,28)(H,21,29)(H,22,27)(H,23,24)(H,25,26)(H,30,31). The number of nitrogens with two attached hydrogens (primary N) is 1. The molecule has 0 saturated heterocycles. The fourth-order valence-corrected chi connectivity index (χ4v) is 2.48. The Balaban J connectivity index is 5.13. The first-order valence-corrected chi connectivity index (χ1v) is 9.57. The Bertz CT molecular complexity index is 696. The number of aliphatic carboxylic acids is 3. The topological polar surface area (TPSA) is 225 Å². The molecule has 0 aliphatic rings. The lowest BCUT2D eigenvalue weighted by atomic mass is 10.0. The highest BCUT2D eigenvalue weighted by Crippen LogP contribution is 2.04. The van der Waals surface area contributed by atoms with Crippen molar-refractivity contribution in [2.24, 2.45) is 11.7 Å². The van der Waals surface area contributed by atoms with E-state index in [1.807, 2.05) is 19.2 Å². The molecule has 176 valence electrons. The van der Waals surface area contributed by atoms with E-state index in [2.05, 4.69) is 10.6 Å². The number of carboxylic acids is 3. The van der Waals surface area contributed by atoms with Crippen LogP contribution in [0.2, 0.25) is 0 Å². The van der Waals surface area contributed by atoms with Crippen LogP contribution >= 0.6 is 0 Å². The van der Waals surface area contributed by atoms with Crippen LogP contribution in [0.25, 0.3) is 0 Å². The average Bonchev–Trinajstić information content (AvgIpc) is 2.62. The highest BCUT2D eigenvalue weighted by molar-refractivity contribution is 5.95. The quantitative estimate of drug-likeness (QED) is 0.159. The number of carbonyl (C=O) groups is 6. The molecule has 31 heavy (non-hydrogen) atoms. The predicted molar refractivity (Wildman–Crippen MR) is 106 cm³/mol. The van der Waals surface area contributed by atoms with E-state index in [1.165, 1.54) is 6.92 Å². The van der Waals surface area contributed by atoms with Crippen LogP contribution in [0.4, 0.5) is 0 Å². The molecule has 3 amide bonds. The maximum Gasteiger partial charge on any atom is 0.326 e. The number of carboxylic acid groups (broad SMARTS) is 3. The Labute approximate surface area is 178 Å². The third-order valence-corrected chi connectivity index (χ3v) is 4.09. The van der Waals surface area contributed by atoms with Crippen molar-refractivity contribution >= 4 is 35.6 Å². The van der Waals surface area contributed by atoms with E-state index in [-0.39, 0.29) is 5.92 Å². The van der Waals surface area contributed by atoms with Crippen LogP contribution in [-0.4, -0.2) is 75.1 Å². The molecule has 0 aromatic heterocycles. The van der Waals surface area contributed by atoms with Crippen LogP contribution in [-0.2, 0) is 28.8 Å². The summed E-state index contributed by atoms with van der Waals surface area (Å²) >= 11 is 0. The van der Waals surface area contributed by atoms with Gasteiger partial charge in [0.2, 0.25) is 17.7 Å². The van der Waals surface area contributed by atoms with Crippen molar-refractivity contribution in [1.29, 1.82) is 0 Å². The highest BCUT2D eigenvalue weighted by Gasteiger charge is 2.30. The minimum Gasteiger partial charge on any atom is -0.481 e. The van der Waals surface area contributed by atoms with Crippen molar-refractivity contribution in [2.75, 3.05) is 0 Å². The van der Waals surface area contributed by atoms with Crippen LogP contribution in [0.15, 0.2) is 0 Å². The zero-order valence-electron chi connectivity index (χ0n) is 17.6. The lowest BCUT2D eigenvalue weighted by molar-refractivity contribution is -0.144. The summed E-state index contributed by atoms with van der Waals surface area (Å²) in [5, 5.41) is 33.3. The molecular formula is C18H30N4O9. The molecule has 0 aliphatic carbocycles. The predicted octanol–water partition coefficient (Wildman–Crippen LogP) is -1.74. The van der Waals surface area contributed by atoms with E-state index < -0.39 is 79.1 Å². The number of rotatable bonds is 14. The van der Waals surface area contributed by atoms with Crippen LogP contribution < -0.4 is 21.7 Å². The van der Waals surface area contributed by atoms with Gasteiger partial charge in [0.05, 0.1) is 12.5 Å². The molecule has 4 atom stereocenters. The molecule has 0 spiro atoms. The van der Waals surface area contributed by atoms with E-state index in [0.717, 1.165) is 0 Å². The molecule has 8 N–H and O–H groups in total. The first-order chi connectivity index (χ1) is 14.2. The SMILES string of the molecule is CC(C)CC(N)C(=O)NC(C)C(=O)NC(CC(=O)O)C(=O)NC(CCC(=O)O)C(=O)O. The van der Waals surface area contributed by atoms with Gasteiger partial charge in [0, 0.05) is 6.42 Å². The molecule has 0 aliphatic heterocycles. The van der Waals surface area contributed by atoms with Crippen molar-refractivity contribution in [3.05, 3.63) is 0 Å². The minimum absolute atomic E-state index is 0.136. The van der Waals surface area contributed by atoms with E-state index in [0.29, 0.717) is 6.42 Å². The first-order valence-electron chi connectivity index (χ1n) is 9.57. The summed E-state index contributed by atoms with van der Waals surface area (Å²) in [7, 11) is 0. The molecule has 0 fully saturated rings. The van der Waals surface area contributed by atoms with Gasteiger partial charge in [-0.15, -0.1) is 0 Å². The fourth-order valence-electron chi connectivity index (χ4n) is 2.48. The minimum atomic E-state index is -1.65. The molecule has 13 heteroatoms. The largest absolute Gasteiger partial charge is 0.481 e. The lowest BCUT2D eigenvalue weighted by Crippen LogP contribution is -2.56. The van der Waals surface area contributed by atoms with Gasteiger partial charge in [0.25, 0.3) is 0 Å². The summed E-state index contributed by atoms with van der Waals surface area (Å²) in [6.07, 6.45) is -1.48. The van der Waals surface area contributed by atoms with Crippen LogP contribution in [0.5, 0.6) is 0 Å². The Morgan fingerprint density at radius 2 is 1.32 bits per heavy atom. The summed E-state index contributed by atoms with van der Waals surface area (Å²) in [6.45, 7) is 5.02. The van der Waals surface area contributed by atoms with Gasteiger partial charge in [-0.05, 0) is 25.7 Å². The van der Waals surface area contributed by atoms with Gasteiger partial charge in [-0.1, -0.05) is 13.8 Å². The van der Waals surface area contributed by atoms with Gasteiger partial charge in [-0.3, -0.25) is 24.0 Å². The van der Waals surface area contributed by atoms with Gasteiger partial charge in [-0.2, -0.15) is 0 Å². The Morgan fingerprint density at radius 1 is 0.774 bits per heavy atom. The molecule has 4 unspecified atom stereocenters. The summed E-state index contributed by atoms with van der Waals surface area (Å²) < 4.78 is 0. The number of carbonyl (C=O) groups excluding carboxylic acids is 3. The zero-order valence-corrected chi connectivity index (χ0v) is 17.6. The lowest BCUT2D eigenvalue weighted by Gasteiger charge is -2.23. The second-order valence-electron chi connectivity index (χ2n) is 7.46. The maximum absolute atomic E-state index is 12.3. The molecule has 0 heterocycles. The smallest absolute Gasteiger partial charge is 0.326 e. The molecule has 0 aromatic rings. The maximum atomic E-state index is 12.3. The van der Waals surface area contributed by atoms with Crippen molar-refractivity contribution in [3.8, 4) is 0 Å². The first kappa shape index (κ1) is 27.8. The van der Waals surface area contributed by atoms with E-state index in [1.54, 1.807) is 0 Å². The molecule has 13 nitrogen and oxygen atoms in total. The second-order valence-corrected chi connectivity index (χ2v) is 7.46. The Morgan fingerprint density at radius 3 is 1.77 bits per heavy atom. The van der Waals surface area contributed by atoms with E-state index >= 15 is 0 Å². The number of nitrogens with one attached hydrogen (secondary N) is 3. The van der Waals surface area contributed by atoms with E-state index in [9.17, 15) is 28.8 Å². The fraction of sp³-hybridized carbons (Fsp3) is 0.667. The number of hydrogen-bond acceptors (Lipinski definition) is 7. The molecule has 0 rings (SSSR count). The third-order valence-electron chi connectivity index (χ3n) is 4.09. The number of amides is 3. The molecule has 0 radical (unpaired) electrons. The second kappa shape index (κ2) is 13.2. The summed E-state index contributed by atoms with van der Waals surface area (Å²) in [6, 6.07) is -5.26. The highest BCUT2D eigenvalue weighted by atomic mass is 16.4. The molecule has 0 bridgehead atoms. The van der Waals surface area contributed by atoms with Gasteiger partial charge in [0.15, 0.2) is 0 Å². The molecular weight excluding hydrogens is 416 g/mol. The van der Waals surface area contributed by atoms with Crippen molar-refractivity contribution in [3.63, 3.8) is 0 Å². The van der Waals surface area contributed by atoms with Gasteiger partial charge in [0.1, 0.15) is 18.1 Å². The Kier molecular flexibility index (Phi) is 11.8. The monoisotopic (exact) mass is 446 g/mol. The van der Waals surface area contributed by atoms with Gasteiger partial charge in [-0.25, -0.2) is 4.79 Å². The molecule has 0 saturated carbocycles. The third kappa shape index (κ3) is 11.5. The summed E-state index contributed by atoms with van der Waals surface area (Å²) in [5.74, 6) is -6.72. The van der Waals surface area contributed by atoms with Crippen LogP contribution in [0.3, 0.4) is 0 Å². The average molecular weight is 446 g/mol. The number of hydrogen-bond donors (Lipinski definition) is 7. The Hall–Kier alpha value is -3.22. The summed E-state index contributed by atoms with van der Waals surface area (Å²) in [4.78, 5) is 69.6. The van der Waals surface area contributed by atoms with Gasteiger partial charge < -0.3 is 37.0 Å². The zero-order chi connectivity index (χ0) is 24.3. The molecule has 0 aromatic carbocycles. The van der Waals surface area contributed by atoms with Crippen LogP contribution in [0.1, 0.15) is 46.5 Å². The van der Waals surface area contributed by atoms with Crippen LogP contribution in [0, 0.1) is 5.92 Å². The van der Waals surface area contributed by atoms with Crippen molar-refractivity contribution in [2.45, 2.75) is 70.6 Å². The normalized spacial score (nSPS) is 14.6. The van der Waals surface area contributed by atoms with Crippen molar-refractivity contribution < 1.29 is 44.1 Å². The summed E-state index contributed by atoms with van der Waals surface area (Å²) in [5.41, 5.74) is 5.73. The van der Waals surface area contributed by atoms with E-state index in [4.69, 9.17) is 21.1 Å². The van der Waals surface area contributed by atoms with Crippen molar-refractivity contribution in [1.82, 2.24) is 16.0 Å². The van der Waals surface area contributed by atoms with Gasteiger partial charge >= 0.3 is 17.9 Å².